The Morgan fingerprint density at radius 2 is 2.64 bits per heavy atom. The summed E-state index contributed by atoms with van der Waals surface area (Å²) >= 11 is 0. The van der Waals surface area contributed by atoms with E-state index in [4.69, 9.17) is 5.11 Å². The Kier molecular flexibility index (Phi) is 2.22. The highest BCUT2D eigenvalue weighted by atomic mass is 16.3. The summed E-state index contributed by atoms with van der Waals surface area (Å²) < 4.78 is 0. The van der Waals surface area contributed by atoms with E-state index in [1.807, 2.05) is 0 Å². The number of nitrogens with one attached hydrogen (secondary N) is 2. The second kappa shape index (κ2) is 3.16. The highest BCUT2D eigenvalue weighted by Crippen LogP contribution is 2.08. The zero-order valence-corrected chi connectivity index (χ0v) is 6.09. The molecule has 0 atom stereocenters. The van der Waals surface area contributed by atoms with Gasteiger partial charge >= 0.3 is 0 Å². The van der Waals surface area contributed by atoms with E-state index in [2.05, 4.69) is 15.5 Å². The normalized spacial score (nSPS) is 9.64. The van der Waals surface area contributed by atoms with Gasteiger partial charge < -0.3 is 10.4 Å². The van der Waals surface area contributed by atoms with Crippen molar-refractivity contribution in [1.82, 2.24) is 10.2 Å². The predicted molar refractivity (Wildman–Crippen MR) is 39.0 cm³/mol. The number of aromatic nitrogens is 2. The molecule has 1 aromatic heterocycles. The summed E-state index contributed by atoms with van der Waals surface area (Å²) in [6.07, 6.45) is 1.49. The molecule has 0 aliphatic heterocycles. The molecule has 0 saturated carbocycles. The van der Waals surface area contributed by atoms with Crippen molar-refractivity contribution < 1.29 is 9.90 Å². The van der Waals surface area contributed by atoms with E-state index in [0.29, 0.717) is 5.69 Å². The standard InChI is InChI=1S/C6H9N3O2/c1-4-5(2-7-9-4)8-6(11)3-10/h2,10H,3H2,1H3,(H,7,9)(H,8,11). The van der Waals surface area contributed by atoms with Gasteiger partial charge in [0, 0.05) is 0 Å². The number of amides is 1. The summed E-state index contributed by atoms with van der Waals surface area (Å²) in [5, 5.41) is 17.2. The molecule has 0 aliphatic rings. The van der Waals surface area contributed by atoms with Crippen LogP contribution in [0.3, 0.4) is 0 Å². The fraction of sp³-hybridized carbons (Fsp3) is 0.333. The lowest BCUT2D eigenvalue weighted by molar-refractivity contribution is -0.118. The van der Waals surface area contributed by atoms with Crippen LogP contribution < -0.4 is 5.32 Å². The Labute approximate surface area is 63.4 Å². The first-order valence-electron chi connectivity index (χ1n) is 3.14. The van der Waals surface area contributed by atoms with Gasteiger partial charge in [0.05, 0.1) is 17.6 Å². The number of hydrogen-bond donors (Lipinski definition) is 3. The second-order valence-corrected chi connectivity index (χ2v) is 2.11. The summed E-state index contributed by atoms with van der Waals surface area (Å²) in [5.41, 5.74) is 1.37. The summed E-state index contributed by atoms with van der Waals surface area (Å²) in [5.74, 6) is -0.436. The zero-order chi connectivity index (χ0) is 8.27. The smallest absolute Gasteiger partial charge is 0.250 e. The van der Waals surface area contributed by atoms with Gasteiger partial charge in [0.25, 0.3) is 0 Å². The van der Waals surface area contributed by atoms with Gasteiger partial charge in [0.2, 0.25) is 5.91 Å². The Morgan fingerprint density at radius 1 is 1.91 bits per heavy atom. The molecule has 1 heterocycles. The molecule has 1 rings (SSSR count). The third-order valence-corrected chi connectivity index (χ3v) is 1.25. The first-order valence-corrected chi connectivity index (χ1v) is 3.14. The van der Waals surface area contributed by atoms with E-state index in [1.165, 1.54) is 6.20 Å². The van der Waals surface area contributed by atoms with E-state index in [0.717, 1.165) is 5.69 Å². The van der Waals surface area contributed by atoms with Crippen LogP contribution >= 0.6 is 0 Å². The van der Waals surface area contributed by atoms with Crippen molar-refractivity contribution in [3.05, 3.63) is 11.9 Å². The first kappa shape index (κ1) is 7.74. The van der Waals surface area contributed by atoms with Crippen LogP contribution in [0, 0.1) is 6.92 Å². The topological polar surface area (TPSA) is 78.0 Å². The molecular formula is C6H9N3O2. The maximum atomic E-state index is 10.6. The van der Waals surface area contributed by atoms with Crippen LogP contribution in [-0.4, -0.2) is 27.8 Å². The lowest BCUT2D eigenvalue weighted by atomic mass is 10.4. The monoisotopic (exact) mass is 155 g/mol. The molecule has 1 amide bonds. The van der Waals surface area contributed by atoms with Crippen molar-refractivity contribution in [2.75, 3.05) is 11.9 Å². The summed E-state index contributed by atoms with van der Waals surface area (Å²) in [7, 11) is 0. The maximum absolute atomic E-state index is 10.6. The number of carbonyl (C=O) groups excluding carboxylic acids is 1. The number of aromatic amines is 1. The molecule has 0 saturated heterocycles. The van der Waals surface area contributed by atoms with Crippen LogP contribution in [0.4, 0.5) is 5.69 Å². The molecule has 0 bridgehead atoms. The number of aliphatic hydroxyl groups is 1. The summed E-state index contributed by atoms with van der Waals surface area (Å²) in [6, 6.07) is 0. The number of anilines is 1. The van der Waals surface area contributed by atoms with Crippen LogP contribution in [-0.2, 0) is 4.79 Å². The van der Waals surface area contributed by atoms with Crippen LogP contribution in [0.1, 0.15) is 5.69 Å². The zero-order valence-electron chi connectivity index (χ0n) is 6.09. The number of aryl methyl sites for hydroxylation is 1. The highest BCUT2D eigenvalue weighted by Gasteiger charge is 2.03. The minimum Gasteiger partial charge on any atom is -0.387 e. The molecule has 0 aromatic carbocycles. The molecule has 5 nitrogen and oxygen atoms in total. The van der Waals surface area contributed by atoms with Crippen LogP contribution in [0.2, 0.25) is 0 Å². The molecule has 3 N–H and O–H groups in total. The molecule has 60 valence electrons. The van der Waals surface area contributed by atoms with Crippen molar-refractivity contribution in [2.24, 2.45) is 0 Å². The number of nitrogens with zero attached hydrogens (tertiary/aromatic N) is 1. The van der Waals surface area contributed by atoms with Crippen molar-refractivity contribution >= 4 is 11.6 Å². The van der Waals surface area contributed by atoms with E-state index in [1.54, 1.807) is 6.92 Å². The van der Waals surface area contributed by atoms with E-state index in [-0.39, 0.29) is 0 Å². The van der Waals surface area contributed by atoms with Gasteiger partial charge in [-0.15, -0.1) is 0 Å². The summed E-state index contributed by atoms with van der Waals surface area (Å²) in [6.45, 7) is 1.27. The SMILES string of the molecule is Cc1[nH]ncc1NC(=O)CO. The van der Waals surface area contributed by atoms with E-state index >= 15 is 0 Å². The molecule has 0 fully saturated rings. The maximum Gasteiger partial charge on any atom is 0.250 e. The van der Waals surface area contributed by atoms with Gasteiger partial charge in [-0.05, 0) is 6.92 Å². The molecule has 0 unspecified atom stereocenters. The Bertz CT molecular complexity index is 256. The highest BCUT2D eigenvalue weighted by molar-refractivity contribution is 5.91. The van der Waals surface area contributed by atoms with E-state index < -0.39 is 12.5 Å². The molecule has 1 aromatic rings. The molecule has 0 aliphatic carbocycles. The molecule has 0 radical (unpaired) electrons. The fourth-order valence-corrected chi connectivity index (χ4v) is 0.666. The minimum atomic E-state index is -0.509. The third-order valence-electron chi connectivity index (χ3n) is 1.25. The Morgan fingerprint density at radius 3 is 3.09 bits per heavy atom. The van der Waals surface area contributed by atoms with Gasteiger partial charge in [0.1, 0.15) is 6.61 Å². The number of H-pyrrole nitrogens is 1. The third kappa shape index (κ3) is 1.78. The van der Waals surface area contributed by atoms with Crippen molar-refractivity contribution in [3.8, 4) is 0 Å². The largest absolute Gasteiger partial charge is 0.387 e. The Hall–Kier alpha value is -1.36. The van der Waals surface area contributed by atoms with Gasteiger partial charge in [-0.3, -0.25) is 9.89 Å². The van der Waals surface area contributed by atoms with Gasteiger partial charge in [0.15, 0.2) is 0 Å². The number of carbonyl (C=O) groups is 1. The molecule has 5 heteroatoms. The first-order chi connectivity index (χ1) is 5.24. The van der Waals surface area contributed by atoms with Gasteiger partial charge in [-0.25, -0.2) is 0 Å². The molecular weight excluding hydrogens is 146 g/mol. The average Bonchev–Trinajstić information content (AvgIpc) is 2.37. The quantitative estimate of drug-likeness (QED) is 0.546. The molecule has 11 heavy (non-hydrogen) atoms. The number of hydrogen-bond acceptors (Lipinski definition) is 3. The molecule has 0 spiro atoms. The lowest BCUT2D eigenvalue weighted by Crippen LogP contribution is -2.15. The second-order valence-electron chi connectivity index (χ2n) is 2.11. The van der Waals surface area contributed by atoms with Crippen LogP contribution in [0.15, 0.2) is 6.20 Å². The minimum absolute atomic E-state index is 0.436. The Balaban J connectivity index is 2.64. The van der Waals surface area contributed by atoms with Gasteiger partial charge in [-0.1, -0.05) is 0 Å². The van der Waals surface area contributed by atoms with Crippen molar-refractivity contribution in [1.29, 1.82) is 0 Å². The van der Waals surface area contributed by atoms with Crippen LogP contribution in [0.5, 0.6) is 0 Å². The van der Waals surface area contributed by atoms with E-state index in [9.17, 15) is 4.79 Å². The predicted octanol–water partition coefficient (Wildman–Crippen LogP) is -0.351. The van der Waals surface area contributed by atoms with Crippen molar-refractivity contribution in [3.63, 3.8) is 0 Å². The number of rotatable bonds is 2. The average molecular weight is 155 g/mol. The summed E-state index contributed by atoms with van der Waals surface area (Å²) in [4.78, 5) is 10.6. The van der Waals surface area contributed by atoms with Crippen LogP contribution in [0.25, 0.3) is 0 Å². The van der Waals surface area contributed by atoms with Crippen molar-refractivity contribution in [2.45, 2.75) is 6.92 Å². The van der Waals surface area contributed by atoms with Gasteiger partial charge in [-0.2, -0.15) is 5.10 Å². The lowest BCUT2D eigenvalue weighted by Gasteiger charge is -1.98. The number of aliphatic hydroxyl groups excluding tert-OH is 1. The fourth-order valence-electron chi connectivity index (χ4n) is 0.666.